The molecule has 2 atom stereocenters. The number of nitrogens with one attached hydrogen (secondary N) is 1. The minimum absolute atomic E-state index is 0.0707. The molecule has 0 unspecified atom stereocenters. The Bertz CT molecular complexity index is 1000. The summed E-state index contributed by atoms with van der Waals surface area (Å²) in [5, 5.41) is 2.55. The van der Waals surface area contributed by atoms with E-state index in [-0.39, 0.29) is 34.3 Å². The van der Waals surface area contributed by atoms with Crippen LogP contribution in [-0.2, 0) is 15.8 Å². The van der Waals surface area contributed by atoms with E-state index in [4.69, 9.17) is 0 Å². The Kier molecular flexibility index (Phi) is 7.46. The number of anilines is 2. The molecule has 1 N–H and O–H groups in total. The highest BCUT2D eigenvalue weighted by molar-refractivity contribution is 8.00. The van der Waals surface area contributed by atoms with Gasteiger partial charge in [0.15, 0.2) is 0 Å². The van der Waals surface area contributed by atoms with Crippen molar-refractivity contribution in [1.82, 2.24) is 0 Å². The molecule has 0 aromatic heterocycles. The van der Waals surface area contributed by atoms with Crippen LogP contribution < -0.4 is 10.2 Å². The number of halogens is 3. The zero-order valence-electron chi connectivity index (χ0n) is 19.2. The zero-order chi connectivity index (χ0) is 24.4. The Morgan fingerprint density at radius 3 is 2.42 bits per heavy atom. The molecule has 33 heavy (non-hydrogen) atoms. The van der Waals surface area contributed by atoms with Gasteiger partial charge in [-0.3, -0.25) is 14.5 Å². The second-order valence-corrected chi connectivity index (χ2v) is 10.8. The second kappa shape index (κ2) is 9.79. The summed E-state index contributed by atoms with van der Waals surface area (Å²) >= 11 is 1.40. The molecule has 2 amide bonds. The fourth-order valence-corrected chi connectivity index (χ4v) is 5.34. The van der Waals surface area contributed by atoms with E-state index in [0.29, 0.717) is 17.8 Å². The molecule has 3 rings (SSSR count). The monoisotopic (exact) mass is 478 g/mol. The molecule has 0 bridgehead atoms. The molecule has 1 saturated heterocycles. The molecule has 0 spiro atoms. The lowest BCUT2D eigenvalue weighted by Gasteiger charge is -2.25. The van der Waals surface area contributed by atoms with Crippen LogP contribution >= 0.6 is 11.8 Å². The number of rotatable bonds is 6. The summed E-state index contributed by atoms with van der Waals surface area (Å²) in [6.07, 6.45) is -3.09. The van der Waals surface area contributed by atoms with Crippen LogP contribution in [0.1, 0.15) is 57.0 Å². The number of thioether (sulfide) groups is 1. The van der Waals surface area contributed by atoms with Gasteiger partial charge in [-0.05, 0) is 59.7 Å². The van der Waals surface area contributed by atoms with Gasteiger partial charge in [0.05, 0.1) is 11.3 Å². The fraction of sp³-hybridized carbons (Fsp3) is 0.440. The molecule has 1 aliphatic heterocycles. The molecule has 2 aromatic rings. The van der Waals surface area contributed by atoms with E-state index in [9.17, 15) is 22.8 Å². The van der Waals surface area contributed by atoms with E-state index in [1.54, 1.807) is 12.1 Å². The standard InChI is InChI=1S/C25H29F3N2O2S/c1-16(14-24(2,3)4)12-21(31)29-19-7-5-6-17(13-19)23-30(22(32)15-33-23)20-10-8-18(9-11-20)25(26,27)28/h5-11,13,16,23H,12,14-15H2,1-4H3,(H,29,31)/t16-,23+/m1/s1. The first-order chi connectivity index (χ1) is 15.3. The predicted octanol–water partition coefficient (Wildman–Crippen LogP) is 6.88. The number of alkyl halides is 3. The topological polar surface area (TPSA) is 49.4 Å². The van der Waals surface area contributed by atoms with Gasteiger partial charge in [-0.1, -0.05) is 39.8 Å². The lowest BCUT2D eigenvalue weighted by atomic mass is 9.84. The third kappa shape index (κ3) is 6.76. The largest absolute Gasteiger partial charge is 0.416 e. The minimum Gasteiger partial charge on any atom is -0.326 e. The van der Waals surface area contributed by atoms with Crippen LogP contribution in [0.4, 0.5) is 24.5 Å². The summed E-state index contributed by atoms with van der Waals surface area (Å²) in [7, 11) is 0. The highest BCUT2D eigenvalue weighted by Crippen LogP contribution is 2.43. The van der Waals surface area contributed by atoms with Gasteiger partial charge < -0.3 is 5.32 Å². The van der Waals surface area contributed by atoms with Gasteiger partial charge in [-0.2, -0.15) is 13.2 Å². The van der Waals surface area contributed by atoms with Crippen molar-refractivity contribution in [2.75, 3.05) is 16.0 Å². The van der Waals surface area contributed by atoms with Crippen molar-refractivity contribution in [3.8, 4) is 0 Å². The molecule has 8 heteroatoms. The summed E-state index contributed by atoms with van der Waals surface area (Å²) in [5.74, 6) is 0.229. The van der Waals surface area contributed by atoms with Crippen molar-refractivity contribution in [2.24, 2.45) is 11.3 Å². The van der Waals surface area contributed by atoms with E-state index >= 15 is 0 Å². The summed E-state index contributed by atoms with van der Waals surface area (Å²) in [6.45, 7) is 8.50. The Balaban J connectivity index is 1.74. The smallest absolute Gasteiger partial charge is 0.326 e. The van der Waals surface area contributed by atoms with Crippen LogP contribution in [0, 0.1) is 11.3 Å². The van der Waals surface area contributed by atoms with Crippen LogP contribution in [0.2, 0.25) is 0 Å². The average molecular weight is 479 g/mol. The Morgan fingerprint density at radius 2 is 1.82 bits per heavy atom. The molecular formula is C25H29F3N2O2S. The number of amides is 2. The molecule has 0 radical (unpaired) electrons. The first-order valence-corrected chi connectivity index (χ1v) is 11.9. The Labute approximate surface area is 196 Å². The van der Waals surface area contributed by atoms with Crippen molar-refractivity contribution in [1.29, 1.82) is 0 Å². The zero-order valence-corrected chi connectivity index (χ0v) is 20.0. The van der Waals surface area contributed by atoms with Crippen LogP contribution in [0.5, 0.6) is 0 Å². The van der Waals surface area contributed by atoms with E-state index in [2.05, 4.69) is 33.0 Å². The fourth-order valence-electron chi connectivity index (χ4n) is 4.18. The highest BCUT2D eigenvalue weighted by atomic mass is 32.2. The van der Waals surface area contributed by atoms with Gasteiger partial charge in [-0.15, -0.1) is 11.8 Å². The molecule has 1 heterocycles. The quantitative estimate of drug-likeness (QED) is 0.492. The minimum atomic E-state index is -4.43. The first kappa shape index (κ1) is 25.1. The van der Waals surface area contributed by atoms with Gasteiger partial charge >= 0.3 is 6.18 Å². The normalized spacial score (nSPS) is 17.8. The summed E-state index contributed by atoms with van der Waals surface area (Å²) in [6, 6.07) is 11.9. The first-order valence-electron chi connectivity index (χ1n) is 10.8. The third-order valence-electron chi connectivity index (χ3n) is 5.29. The van der Waals surface area contributed by atoms with Crippen molar-refractivity contribution in [2.45, 2.75) is 52.1 Å². The molecule has 0 saturated carbocycles. The molecule has 4 nitrogen and oxygen atoms in total. The highest BCUT2D eigenvalue weighted by Gasteiger charge is 2.35. The Hall–Kier alpha value is -2.48. The number of carbonyl (C=O) groups is 2. The number of hydrogen-bond donors (Lipinski definition) is 1. The summed E-state index contributed by atoms with van der Waals surface area (Å²) < 4.78 is 38.7. The van der Waals surface area contributed by atoms with Crippen molar-refractivity contribution in [3.63, 3.8) is 0 Å². The number of hydrogen-bond acceptors (Lipinski definition) is 3. The van der Waals surface area contributed by atoms with Gasteiger partial charge in [0.25, 0.3) is 0 Å². The van der Waals surface area contributed by atoms with Crippen molar-refractivity contribution < 1.29 is 22.8 Å². The van der Waals surface area contributed by atoms with Crippen molar-refractivity contribution in [3.05, 3.63) is 59.7 Å². The molecular weight excluding hydrogens is 449 g/mol. The maximum Gasteiger partial charge on any atom is 0.416 e. The number of carbonyl (C=O) groups excluding carboxylic acids is 2. The van der Waals surface area contributed by atoms with E-state index in [1.165, 1.54) is 28.8 Å². The van der Waals surface area contributed by atoms with Gasteiger partial charge in [0.2, 0.25) is 11.8 Å². The molecule has 1 aliphatic rings. The number of nitrogens with zero attached hydrogens (tertiary/aromatic N) is 1. The van der Waals surface area contributed by atoms with Crippen LogP contribution in [-0.4, -0.2) is 17.6 Å². The lowest BCUT2D eigenvalue weighted by Crippen LogP contribution is -2.28. The van der Waals surface area contributed by atoms with Crippen LogP contribution in [0.15, 0.2) is 48.5 Å². The molecule has 178 valence electrons. The lowest BCUT2D eigenvalue weighted by molar-refractivity contribution is -0.137. The summed E-state index contributed by atoms with van der Waals surface area (Å²) in [5.41, 5.74) is 1.23. The van der Waals surface area contributed by atoms with Gasteiger partial charge in [0.1, 0.15) is 5.37 Å². The second-order valence-electron chi connectivity index (χ2n) is 9.72. The van der Waals surface area contributed by atoms with E-state index < -0.39 is 11.7 Å². The molecule has 1 fully saturated rings. The van der Waals surface area contributed by atoms with Gasteiger partial charge in [-0.25, -0.2) is 0 Å². The average Bonchev–Trinajstić information content (AvgIpc) is 3.07. The maximum atomic E-state index is 12.9. The van der Waals surface area contributed by atoms with Gasteiger partial charge in [0, 0.05) is 17.8 Å². The van der Waals surface area contributed by atoms with Crippen LogP contribution in [0.25, 0.3) is 0 Å². The predicted molar refractivity (Wildman–Crippen MR) is 127 cm³/mol. The molecule has 2 aromatic carbocycles. The number of benzene rings is 2. The maximum absolute atomic E-state index is 12.9. The van der Waals surface area contributed by atoms with E-state index in [1.807, 2.05) is 12.1 Å². The Morgan fingerprint density at radius 1 is 1.15 bits per heavy atom. The van der Waals surface area contributed by atoms with E-state index in [0.717, 1.165) is 24.1 Å². The van der Waals surface area contributed by atoms with Crippen LogP contribution in [0.3, 0.4) is 0 Å². The third-order valence-corrected chi connectivity index (χ3v) is 6.50. The molecule has 0 aliphatic carbocycles. The van der Waals surface area contributed by atoms with Crippen molar-refractivity contribution >= 4 is 35.0 Å². The SMILES string of the molecule is C[C@H](CC(=O)Nc1cccc([C@@H]2SCC(=O)N2c2ccc(C(F)(F)F)cc2)c1)CC(C)(C)C. The summed E-state index contributed by atoms with van der Waals surface area (Å²) in [4.78, 5) is 26.6.